The molecule has 1 aliphatic heterocycles. The van der Waals surface area contributed by atoms with E-state index in [1.807, 2.05) is 0 Å². The van der Waals surface area contributed by atoms with Crippen molar-refractivity contribution in [2.45, 2.75) is 51.1 Å². The summed E-state index contributed by atoms with van der Waals surface area (Å²) in [7, 11) is 0. The summed E-state index contributed by atoms with van der Waals surface area (Å²) in [6, 6.07) is 1.32. The molecule has 0 bridgehead atoms. The number of nitrogens with zero attached hydrogens (tertiary/aromatic N) is 1. The molecule has 2 nitrogen and oxygen atoms in total. The van der Waals surface area contributed by atoms with E-state index in [4.69, 9.17) is 0 Å². The minimum Gasteiger partial charge on any atom is -0.369 e. The van der Waals surface area contributed by atoms with Gasteiger partial charge in [0.15, 0.2) is 0 Å². The van der Waals surface area contributed by atoms with Gasteiger partial charge in [-0.2, -0.15) is 0 Å². The fraction of sp³-hybridized carbons (Fsp3) is 0.889. The Morgan fingerprint density at radius 1 is 1.45 bits per heavy atom. The van der Waals surface area contributed by atoms with Gasteiger partial charge in [-0.1, -0.05) is 19.8 Å². The summed E-state index contributed by atoms with van der Waals surface area (Å²) >= 11 is 0. The molecule has 1 N–H and O–H groups in total. The quantitative estimate of drug-likeness (QED) is 0.607. The van der Waals surface area contributed by atoms with Gasteiger partial charge in [-0.25, -0.2) is 0 Å². The predicted octanol–water partition coefficient (Wildman–Crippen LogP) is 1.71. The normalized spacial score (nSPS) is 35.9. The highest BCUT2D eigenvalue weighted by Crippen LogP contribution is 2.24. The number of aliphatic imine (C=N–C) groups is 1. The van der Waals surface area contributed by atoms with Crippen molar-refractivity contribution >= 4 is 5.84 Å². The molecule has 2 heteroatoms. The SMILES string of the molecule is CCC1=NC2CCCCC2N1. The smallest absolute Gasteiger partial charge is 0.0967 e. The fourth-order valence-corrected chi connectivity index (χ4v) is 2.08. The first-order chi connectivity index (χ1) is 5.40. The molecule has 0 saturated heterocycles. The summed E-state index contributed by atoms with van der Waals surface area (Å²) in [6.45, 7) is 2.17. The zero-order valence-electron chi connectivity index (χ0n) is 7.14. The molecule has 2 aliphatic rings. The molecule has 0 aromatic heterocycles. The van der Waals surface area contributed by atoms with Gasteiger partial charge >= 0.3 is 0 Å². The number of nitrogens with one attached hydrogen (secondary N) is 1. The third kappa shape index (κ3) is 1.26. The van der Waals surface area contributed by atoms with Crippen LogP contribution in [0.4, 0.5) is 0 Å². The zero-order valence-corrected chi connectivity index (χ0v) is 7.14. The molecule has 0 aromatic carbocycles. The lowest BCUT2D eigenvalue weighted by Crippen LogP contribution is -2.36. The molecule has 62 valence electrons. The standard InChI is InChI=1S/C9H16N2/c1-2-9-10-7-5-3-4-6-8(7)11-9/h7-8H,2-6H2,1H3,(H,10,11). The van der Waals surface area contributed by atoms with Gasteiger partial charge in [0.05, 0.1) is 11.9 Å². The lowest BCUT2D eigenvalue weighted by atomic mass is 9.92. The Bertz CT molecular complexity index is 174. The van der Waals surface area contributed by atoms with E-state index in [9.17, 15) is 0 Å². The van der Waals surface area contributed by atoms with Crippen LogP contribution in [0, 0.1) is 0 Å². The van der Waals surface area contributed by atoms with Crippen molar-refractivity contribution in [2.75, 3.05) is 0 Å². The Morgan fingerprint density at radius 2 is 2.27 bits per heavy atom. The number of hydrogen-bond donors (Lipinski definition) is 1. The van der Waals surface area contributed by atoms with E-state index in [1.54, 1.807) is 0 Å². The molecular formula is C9H16N2. The Balaban J connectivity index is 2.02. The Kier molecular flexibility index (Phi) is 1.84. The molecule has 0 amide bonds. The molecule has 1 fully saturated rings. The van der Waals surface area contributed by atoms with Crippen LogP contribution in [0.2, 0.25) is 0 Å². The molecule has 2 atom stereocenters. The van der Waals surface area contributed by atoms with E-state index >= 15 is 0 Å². The number of hydrogen-bond acceptors (Lipinski definition) is 2. The van der Waals surface area contributed by atoms with Crippen LogP contribution in [0.1, 0.15) is 39.0 Å². The molecule has 2 unspecified atom stereocenters. The molecule has 1 saturated carbocycles. The van der Waals surface area contributed by atoms with Gasteiger partial charge in [-0.15, -0.1) is 0 Å². The highest BCUT2D eigenvalue weighted by atomic mass is 15.1. The number of fused-ring (bicyclic) bond motifs is 1. The van der Waals surface area contributed by atoms with Crippen LogP contribution in [-0.4, -0.2) is 17.9 Å². The van der Waals surface area contributed by atoms with Gasteiger partial charge in [-0.3, -0.25) is 4.99 Å². The Morgan fingerprint density at radius 3 is 3.00 bits per heavy atom. The first kappa shape index (κ1) is 7.14. The van der Waals surface area contributed by atoms with Crippen LogP contribution >= 0.6 is 0 Å². The lowest BCUT2D eigenvalue weighted by molar-refractivity contribution is 0.384. The Labute approximate surface area is 68.1 Å². The molecule has 0 radical (unpaired) electrons. The van der Waals surface area contributed by atoms with Crippen LogP contribution in [0.3, 0.4) is 0 Å². The van der Waals surface area contributed by atoms with Crippen molar-refractivity contribution in [1.29, 1.82) is 0 Å². The number of amidine groups is 1. The molecular weight excluding hydrogens is 136 g/mol. The van der Waals surface area contributed by atoms with Gasteiger partial charge < -0.3 is 5.32 Å². The van der Waals surface area contributed by atoms with E-state index in [-0.39, 0.29) is 0 Å². The fourth-order valence-electron chi connectivity index (χ4n) is 2.08. The molecule has 11 heavy (non-hydrogen) atoms. The third-order valence-corrected chi connectivity index (χ3v) is 2.74. The van der Waals surface area contributed by atoms with Gasteiger partial charge in [0.1, 0.15) is 0 Å². The van der Waals surface area contributed by atoms with Crippen LogP contribution < -0.4 is 5.32 Å². The van der Waals surface area contributed by atoms with E-state index in [0.717, 1.165) is 6.42 Å². The second-order valence-electron chi connectivity index (χ2n) is 3.53. The lowest BCUT2D eigenvalue weighted by Gasteiger charge is -2.23. The van der Waals surface area contributed by atoms with Gasteiger partial charge in [0, 0.05) is 12.5 Å². The Hall–Kier alpha value is -0.530. The van der Waals surface area contributed by atoms with Crippen molar-refractivity contribution in [3.8, 4) is 0 Å². The first-order valence-corrected chi connectivity index (χ1v) is 4.73. The largest absolute Gasteiger partial charge is 0.369 e. The summed E-state index contributed by atoms with van der Waals surface area (Å²) in [5.41, 5.74) is 0. The van der Waals surface area contributed by atoms with E-state index in [0.29, 0.717) is 12.1 Å². The highest BCUT2D eigenvalue weighted by molar-refractivity contribution is 5.84. The van der Waals surface area contributed by atoms with Crippen LogP contribution in [-0.2, 0) is 0 Å². The molecule has 0 aromatic rings. The second-order valence-corrected chi connectivity index (χ2v) is 3.53. The zero-order chi connectivity index (χ0) is 7.68. The maximum atomic E-state index is 4.63. The third-order valence-electron chi connectivity index (χ3n) is 2.74. The van der Waals surface area contributed by atoms with Gasteiger partial charge in [-0.05, 0) is 12.8 Å². The monoisotopic (exact) mass is 152 g/mol. The predicted molar refractivity (Wildman–Crippen MR) is 46.9 cm³/mol. The first-order valence-electron chi connectivity index (χ1n) is 4.73. The van der Waals surface area contributed by atoms with Crippen molar-refractivity contribution in [1.82, 2.24) is 5.32 Å². The molecule has 0 spiro atoms. The minimum atomic E-state index is 0.624. The van der Waals surface area contributed by atoms with E-state index < -0.39 is 0 Å². The van der Waals surface area contributed by atoms with Crippen molar-refractivity contribution < 1.29 is 0 Å². The van der Waals surface area contributed by atoms with E-state index in [1.165, 1.54) is 31.5 Å². The van der Waals surface area contributed by atoms with Crippen molar-refractivity contribution in [3.05, 3.63) is 0 Å². The summed E-state index contributed by atoms with van der Waals surface area (Å²) in [6.07, 6.45) is 6.48. The van der Waals surface area contributed by atoms with E-state index in [2.05, 4.69) is 17.2 Å². The van der Waals surface area contributed by atoms with Crippen LogP contribution in [0.5, 0.6) is 0 Å². The topological polar surface area (TPSA) is 24.4 Å². The van der Waals surface area contributed by atoms with Gasteiger partial charge in [0.2, 0.25) is 0 Å². The average Bonchev–Trinajstić information content (AvgIpc) is 2.46. The molecule has 1 aliphatic carbocycles. The second kappa shape index (κ2) is 2.84. The molecule has 2 rings (SSSR count). The van der Waals surface area contributed by atoms with Crippen molar-refractivity contribution in [3.63, 3.8) is 0 Å². The maximum absolute atomic E-state index is 4.63. The van der Waals surface area contributed by atoms with Crippen LogP contribution in [0.25, 0.3) is 0 Å². The number of rotatable bonds is 1. The molecule has 1 heterocycles. The summed E-state index contributed by atoms with van der Waals surface area (Å²) < 4.78 is 0. The summed E-state index contributed by atoms with van der Waals surface area (Å²) in [5, 5.41) is 3.49. The van der Waals surface area contributed by atoms with Crippen LogP contribution in [0.15, 0.2) is 4.99 Å². The summed E-state index contributed by atoms with van der Waals surface area (Å²) in [4.78, 5) is 4.63. The average molecular weight is 152 g/mol. The minimum absolute atomic E-state index is 0.624. The van der Waals surface area contributed by atoms with Gasteiger partial charge in [0.25, 0.3) is 0 Å². The van der Waals surface area contributed by atoms with Crippen molar-refractivity contribution in [2.24, 2.45) is 4.99 Å². The summed E-state index contributed by atoms with van der Waals surface area (Å²) in [5.74, 6) is 1.24. The highest BCUT2D eigenvalue weighted by Gasteiger charge is 2.29. The maximum Gasteiger partial charge on any atom is 0.0967 e.